The molecule has 2 N–H and O–H groups in total. The van der Waals surface area contributed by atoms with Crippen molar-refractivity contribution in [1.29, 1.82) is 0 Å². The van der Waals surface area contributed by atoms with Gasteiger partial charge in [0, 0.05) is 17.6 Å². The summed E-state index contributed by atoms with van der Waals surface area (Å²) in [5.41, 5.74) is 2.67. The van der Waals surface area contributed by atoms with E-state index in [9.17, 15) is 13.2 Å². The summed E-state index contributed by atoms with van der Waals surface area (Å²) < 4.78 is 40.5. The fourth-order valence-corrected chi connectivity index (χ4v) is 3.17. The van der Waals surface area contributed by atoms with Crippen LogP contribution in [0.1, 0.15) is 49.8 Å². The molecule has 0 fully saturated rings. The minimum absolute atomic E-state index is 0.0935. The first-order valence-electron chi connectivity index (χ1n) is 10.5. The third-order valence-corrected chi connectivity index (χ3v) is 5.00. The fraction of sp³-hybridized carbons (Fsp3) is 0.333. The number of aryl methyl sites for hydroxylation is 2. The Balaban J connectivity index is 1.80. The molecule has 3 rings (SSSR count). The van der Waals surface area contributed by atoms with Gasteiger partial charge in [-0.05, 0) is 54.7 Å². The maximum absolute atomic E-state index is 13.5. The Labute approximate surface area is 181 Å². The van der Waals surface area contributed by atoms with Gasteiger partial charge in [0.1, 0.15) is 11.4 Å². The molecule has 0 saturated heterocycles. The van der Waals surface area contributed by atoms with Crippen LogP contribution in [0.3, 0.4) is 0 Å². The number of hydrogen-bond acceptors (Lipinski definition) is 4. The number of hydrogen-bond donors (Lipinski definition) is 2. The molecule has 3 aromatic rings. The summed E-state index contributed by atoms with van der Waals surface area (Å²) in [5.74, 6) is -0.190. The van der Waals surface area contributed by atoms with E-state index in [2.05, 4.69) is 34.4 Å². The molecule has 4 nitrogen and oxygen atoms in total. The van der Waals surface area contributed by atoms with Gasteiger partial charge in [-0.1, -0.05) is 51.0 Å². The molecule has 0 radical (unpaired) electrons. The molecule has 2 aromatic carbocycles. The number of unbranched alkanes of at least 4 members (excludes halogenated alkanes) is 2. The lowest BCUT2D eigenvalue weighted by Crippen LogP contribution is -2.12. The van der Waals surface area contributed by atoms with Crippen LogP contribution in [0.2, 0.25) is 0 Å². The van der Waals surface area contributed by atoms with E-state index in [4.69, 9.17) is 0 Å². The van der Waals surface area contributed by atoms with Crippen molar-refractivity contribution in [1.82, 2.24) is 9.97 Å². The van der Waals surface area contributed by atoms with Crippen molar-refractivity contribution >= 4 is 23.1 Å². The van der Waals surface area contributed by atoms with Gasteiger partial charge in [-0.2, -0.15) is 18.2 Å². The highest BCUT2D eigenvalue weighted by atomic mass is 19.4. The molecule has 0 spiro atoms. The van der Waals surface area contributed by atoms with Crippen LogP contribution in [0.25, 0.3) is 0 Å². The molecular formula is C24H27F3N4. The molecule has 0 amide bonds. The third kappa shape index (κ3) is 6.44. The Morgan fingerprint density at radius 2 is 1.42 bits per heavy atom. The van der Waals surface area contributed by atoms with Crippen LogP contribution >= 0.6 is 0 Å². The quantitative estimate of drug-likeness (QED) is 0.352. The van der Waals surface area contributed by atoms with Gasteiger partial charge in [-0.3, -0.25) is 0 Å². The predicted octanol–water partition coefficient (Wildman–Crippen LogP) is 7.28. The van der Waals surface area contributed by atoms with Crippen LogP contribution in [0.5, 0.6) is 0 Å². The minimum Gasteiger partial charge on any atom is -0.340 e. The third-order valence-electron chi connectivity index (χ3n) is 5.00. The number of benzene rings is 2. The Bertz CT molecular complexity index is 968. The van der Waals surface area contributed by atoms with Gasteiger partial charge >= 0.3 is 6.18 Å². The summed E-state index contributed by atoms with van der Waals surface area (Å²) in [6, 6.07) is 15.0. The monoisotopic (exact) mass is 428 g/mol. The van der Waals surface area contributed by atoms with Crippen molar-refractivity contribution in [3.05, 3.63) is 71.4 Å². The summed E-state index contributed by atoms with van der Waals surface area (Å²) >= 11 is 0. The zero-order valence-electron chi connectivity index (χ0n) is 17.8. The van der Waals surface area contributed by atoms with Gasteiger partial charge in [0.25, 0.3) is 0 Å². The predicted molar refractivity (Wildman–Crippen MR) is 119 cm³/mol. The van der Waals surface area contributed by atoms with E-state index in [1.54, 1.807) is 12.1 Å². The molecule has 0 unspecified atom stereocenters. The molecule has 0 atom stereocenters. The van der Waals surface area contributed by atoms with Crippen LogP contribution in [0, 0.1) is 0 Å². The van der Waals surface area contributed by atoms with Crippen molar-refractivity contribution in [2.75, 3.05) is 10.6 Å². The van der Waals surface area contributed by atoms with E-state index >= 15 is 0 Å². The summed E-state index contributed by atoms with van der Waals surface area (Å²) in [4.78, 5) is 7.96. The van der Waals surface area contributed by atoms with Gasteiger partial charge in [-0.25, -0.2) is 4.98 Å². The summed E-state index contributed by atoms with van der Waals surface area (Å²) in [5, 5.41) is 5.78. The molecule has 31 heavy (non-hydrogen) atoms. The van der Waals surface area contributed by atoms with Crippen molar-refractivity contribution in [3.8, 4) is 0 Å². The van der Waals surface area contributed by atoms with Gasteiger partial charge < -0.3 is 10.6 Å². The van der Waals surface area contributed by atoms with Gasteiger partial charge in [0.15, 0.2) is 0 Å². The van der Waals surface area contributed by atoms with Crippen LogP contribution in [-0.4, -0.2) is 9.97 Å². The zero-order valence-corrected chi connectivity index (χ0v) is 17.8. The molecule has 0 aliphatic heterocycles. The molecule has 0 aliphatic carbocycles. The normalized spacial score (nSPS) is 11.4. The molecule has 1 aromatic heterocycles. The lowest BCUT2D eigenvalue weighted by Gasteiger charge is -2.15. The second-order valence-electron chi connectivity index (χ2n) is 7.41. The number of anilines is 4. The Kier molecular flexibility index (Phi) is 7.50. The summed E-state index contributed by atoms with van der Waals surface area (Å²) in [6.07, 6.45) is 1.50. The topological polar surface area (TPSA) is 49.8 Å². The largest absolute Gasteiger partial charge is 0.421 e. The second-order valence-corrected chi connectivity index (χ2v) is 7.41. The number of halogens is 3. The van der Waals surface area contributed by atoms with E-state index in [-0.39, 0.29) is 11.8 Å². The number of alkyl halides is 3. The standard InChI is InChI=1S/C24H27F3N4/c1-3-5-6-7-18-10-14-19(15-11-18)29-22-21(24(25,26)27)16-28-23(31-22)30-20-12-8-17(4-2)9-13-20/h8-16H,3-7H2,1-2H3,(H2,28,29,30,31). The highest BCUT2D eigenvalue weighted by Crippen LogP contribution is 2.35. The second kappa shape index (κ2) is 10.3. The average Bonchev–Trinajstić information content (AvgIpc) is 2.75. The van der Waals surface area contributed by atoms with Crippen molar-refractivity contribution in [2.45, 2.75) is 52.1 Å². The molecule has 0 bridgehead atoms. The first kappa shape index (κ1) is 22.6. The Hall–Kier alpha value is -3.09. The Morgan fingerprint density at radius 3 is 2.00 bits per heavy atom. The summed E-state index contributed by atoms with van der Waals surface area (Å²) in [7, 11) is 0. The fourth-order valence-electron chi connectivity index (χ4n) is 3.17. The SMILES string of the molecule is CCCCCc1ccc(Nc2nc(Nc3ccc(CC)cc3)ncc2C(F)(F)F)cc1. The number of nitrogens with one attached hydrogen (secondary N) is 2. The van der Waals surface area contributed by atoms with Crippen LogP contribution in [0.15, 0.2) is 54.7 Å². The maximum Gasteiger partial charge on any atom is 0.421 e. The smallest absolute Gasteiger partial charge is 0.340 e. The van der Waals surface area contributed by atoms with E-state index in [0.717, 1.165) is 43.9 Å². The number of aromatic nitrogens is 2. The molecule has 1 heterocycles. The molecule has 164 valence electrons. The van der Waals surface area contributed by atoms with Crippen molar-refractivity contribution < 1.29 is 13.2 Å². The van der Waals surface area contributed by atoms with E-state index in [1.165, 1.54) is 5.56 Å². The average molecular weight is 429 g/mol. The van der Waals surface area contributed by atoms with Gasteiger partial charge in [0.2, 0.25) is 5.95 Å². The van der Waals surface area contributed by atoms with E-state index in [1.807, 2.05) is 36.4 Å². The maximum atomic E-state index is 13.5. The highest BCUT2D eigenvalue weighted by molar-refractivity contribution is 5.63. The molecule has 0 saturated carbocycles. The lowest BCUT2D eigenvalue weighted by atomic mass is 10.1. The molecule has 0 aliphatic rings. The first-order chi connectivity index (χ1) is 14.9. The van der Waals surface area contributed by atoms with Gasteiger partial charge in [0.05, 0.1) is 0 Å². The van der Waals surface area contributed by atoms with Gasteiger partial charge in [-0.15, -0.1) is 0 Å². The van der Waals surface area contributed by atoms with Crippen LogP contribution < -0.4 is 10.6 Å². The van der Waals surface area contributed by atoms with E-state index < -0.39 is 11.7 Å². The lowest BCUT2D eigenvalue weighted by molar-refractivity contribution is -0.137. The van der Waals surface area contributed by atoms with Crippen LogP contribution in [-0.2, 0) is 19.0 Å². The van der Waals surface area contributed by atoms with Crippen molar-refractivity contribution in [2.24, 2.45) is 0 Å². The number of nitrogens with zero attached hydrogens (tertiary/aromatic N) is 2. The van der Waals surface area contributed by atoms with Crippen molar-refractivity contribution in [3.63, 3.8) is 0 Å². The molecular weight excluding hydrogens is 401 g/mol. The Morgan fingerprint density at radius 1 is 0.806 bits per heavy atom. The number of rotatable bonds is 9. The van der Waals surface area contributed by atoms with Crippen LogP contribution in [0.4, 0.5) is 36.3 Å². The molecule has 7 heteroatoms. The summed E-state index contributed by atoms with van der Waals surface area (Å²) in [6.45, 7) is 4.20. The first-order valence-corrected chi connectivity index (χ1v) is 10.5. The van der Waals surface area contributed by atoms with E-state index in [0.29, 0.717) is 11.4 Å². The minimum atomic E-state index is -4.57. The zero-order chi connectivity index (χ0) is 22.3. The highest BCUT2D eigenvalue weighted by Gasteiger charge is 2.35.